The van der Waals surface area contributed by atoms with Crippen LogP contribution in [0.15, 0.2) is 53.7 Å². The molecule has 0 amide bonds. The third kappa shape index (κ3) is 7.59. The molecule has 0 spiro atoms. The van der Waals surface area contributed by atoms with E-state index in [4.69, 9.17) is 4.74 Å². The van der Waals surface area contributed by atoms with E-state index in [1.807, 2.05) is 25.1 Å². The molecule has 0 aliphatic rings. The van der Waals surface area contributed by atoms with E-state index in [2.05, 4.69) is 58.7 Å². The number of guanidine groups is 1. The maximum atomic E-state index is 5.44. The van der Waals surface area contributed by atoms with Crippen molar-refractivity contribution in [3.05, 3.63) is 59.8 Å². The first-order chi connectivity index (χ1) is 12.2. The Labute approximate surface area is 173 Å². The number of aliphatic imine (C=N–C) groups is 1. The number of ether oxygens (including phenoxy) is 1. The molecule has 1 aromatic carbocycles. The lowest BCUT2D eigenvalue weighted by Gasteiger charge is -2.16. The van der Waals surface area contributed by atoms with Gasteiger partial charge < -0.3 is 15.4 Å². The zero-order valence-electron chi connectivity index (χ0n) is 15.7. The van der Waals surface area contributed by atoms with Crippen molar-refractivity contribution in [2.24, 2.45) is 4.99 Å². The van der Waals surface area contributed by atoms with Crippen LogP contribution in [0.2, 0.25) is 0 Å². The van der Waals surface area contributed by atoms with E-state index in [0.29, 0.717) is 24.9 Å². The summed E-state index contributed by atoms with van der Waals surface area (Å²) in [6.45, 7) is 9.08. The van der Waals surface area contributed by atoms with Gasteiger partial charge in [0, 0.05) is 25.4 Å². The molecular formula is C20H29IN4O. The standard InChI is InChI=1S/C20H28N4O.HI/c1-4-21-20(23-14-16(3)18-9-7-6-8-10-18)24-15-17-11-12-22-19(13-17)25-5-2;/h6-13,16H,4-5,14-15H2,1-3H3,(H2,21,23,24);1H. The summed E-state index contributed by atoms with van der Waals surface area (Å²) in [5.74, 6) is 1.88. The molecule has 2 aromatic rings. The first-order valence-corrected chi connectivity index (χ1v) is 8.87. The van der Waals surface area contributed by atoms with Crippen molar-refractivity contribution in [1.82, 2.24) is 15.6 Å². The largest absolute Gasteiger partial charge is 0.478 e. The van der Waals surface area contributed by atoms with Crippen LogP contribution in [-0.2, 0) is 6.54 Å². The summed E-state index contributed by atoms with van der Waals surface area (Å²) in [5.41, 5.74) is 2.40. The second kappa shape index (κ2) is 12.5. The highest BCUT2D eigenvalue weighted by Gasteiger charge is 2.06. The Hall–Kier alpha value is -1.83. The van der Waals surface area contributed by atoms with Gasteiger partial charge in [-0.3, -0.25) is 0 Å². The molecular weight excluding hydrogens is 439 g/mol. The fourth-order valence-electron chi connectivity index (χ4n) is 2.44. The van der Waals surface area contributed by atoms with Crippen molar-refractivity contribution in [3.63, 3.8) is 0 Å². The van der Waals surface area contributed by atoms with Crippen LogP contribution in [-0.4, -0.2) is 30.6 Å². The van der Waals surface area contributed by atoms with E-state index in [9.17, 15) is 0 Å². The number of hydrogen-bond acceptors (Lipinski definition) is 3. The number of pyridine rings is 1. The molecule has 1 aromatic heterocycles. The van der Waals surface area contributed by atoms with E-state index >= 15 is 0 Å². The average Bonchev–Trinajstić information content (AvgIpc) is 2.65. The number of aromatic nitrogens is 1. The zero-order chi connectivity index (χ0) is 17.9. The summed E-state index contributed by atoms with van der Waals surface area (Å²) in [6.07, 6.45) is 1.76. The lowest BCUT2D eigenvalue weighted by atomic mass is 10.0. The van der Waals surface area contributed by atoms with Crippen molar-refractivity contribution in [1.29, 1.82) is 0 Å². The second-order valence-electron chi connectivity index (χ2n) is 5.82. The van der Waals surface area contributed by atoms with Crippen molar-refractivity contribution in [3.8, 4) is 5.88 Å². The van der Waals surface area contributed by atoms with Gasteiger partial charge in [0.1, 0.15) is 0 Å². The SMILES string of the molecule is CCNC(=NCc1ccnc(OCC)c1)NCC(C)c1ccccc1.I. The van der Waals surface area contributed by atoms with Gasteiger partial charge in [-0.1, -0.05) is 37.3 Å². The summed E-state index contributed by atoms with van der Waals surface area (Å²) in [7, 11) is 0. The molecule has 1 atom stereocenters. The van der Waals surface area contributed by atoms with Crippen LogP contribution in [0.5, 0.6) is 5.88 Å². The third-order valence-electron chi connectivity index (χ3n) is 3.80. The van der Waals surface area contributed by atoms with Crippen molar-refractivity contribution < 1.29 is 4.74 Å². The lowest BCUT2D eigenvalue weighted by molar-refractivity contribution is 0.326. The Bertz CT molecular complexity index is 664. The van der Waals surface area contributed by atoms with Crippen molar-refractivity contribution in [2.75, 3.05) is 19.7 Å². The highest BCUT2D eigenvalue weighted by atomic mass is 127. The zero-order valence-corrected chi connectivity index (χ0v) is 18.1. The third-order valence-corrected chi connectivity index (χ3v) is 3.80. The van der Waals surface area contributed by atoms with Crippen LogP contribution in [0.1, 0.15) is 37.8 Å². The average molecular weight is 468 g/mol. The van der Waals surface area contributed by atoms with Gasteiger partial charge in [-0.2, -0.15) is 0 Å². The molecule has 0 fully saturated rings. The summed E-state index contributed by atoms with van der Waals surface area (Å²) >= 11 is 0. The van der Waals surface area contributed by atoms with Gasteiger partial charge in [-0.15, -0.1) is 24.0 Å². The van der Waals surface area contributed by atoms with Gasteiger partial charge in [0.25, 0.3) is 0 Å². The molecule has 0 radical (unpaired) electrons. The Kier molecular flexibility index (Phi) is 10.7. The lowest BCUT2D eigenvalue weighted by Crippen LogP contribution is -2.39. The van der Waals surface area contributed by atoms with E-state index in [1.54, 1.807) is 6.20 Å². The number of benzene rings is 1. The fraction of sp³-hybridized carbons (Fsp3) is 0.400. The van der Waals surface area contributed by atoms with Crippen LogP contribution >= 0.6 is 24.0 Å². The number of rotatable bonds is 8. The predicted molar refractivity (Wildman–Crippen MR) is 118 cm³/mol. The summed E-state index contributed by atoms with van der Waals surface area (Å²) in [6, 6.07) is 14.4. The fourth-order valence-corrected chi connectivity index (χ4v) is 2.44. The van der Waals surface area contributed by atoms with Gasteiger partial charge in [0.15, 0.2) is 5.96 Å². The first-order valence-electron chi connectivity index (χ1n) is 8.87. The maximum Gasteiger partial charge on any atom is 0.213 e. The molecule has 1 unspecified atom stereocenters. The minimum atomic E-state index is 0. The Morgan fingerprint density at radius 1 is 1.15 bits per heavy atom. The molecule has 0 aliphatic heterocycles. The molecule has 26 heavy (non-hydrogen) atoms. The minimum Gasteiger partial charge on any atom is -0.478 e. The highest BCUT2D eigenvalue weighted by molar-refractivity contribution is 14.0. The summed E-state index contributed by atoms with van der Waals surface area (Å²) in [5, 5.41) is 6.71. The van der Waals surface area contributed by atoms with Gasteiger partial charge in [0.05, 0.1) is 13.2 Å². The molecule has 2 N–H and O–H groups in total. The van der Waals surface area contributed by atoms with E-state index in [1.165, 1.54) is 5.56 Å². The van der Waals surface area contributed by atoms with Crippen molar-refractivity contribution >= 4 is 29.9 Å². The summed E-state index contributed by atoms with van der Waals surface area (Å²) < 4.78 is 5.44. The van der Waals surface area contributed by atoms with E-state index in [-0.39, 0.29) is 24.0 Å². The molecule has 0 aliphatic carbocycles. The van der Waals surface area contributed by atoms with E-state index < -0.39 is 0 Å². The highest BCUT2D eigenvalue weighted by Crippen LogP contribution is 2.13. The van der Waals surface area contributed by atoms with Crippen molar-refractivity contribution in [2.45, 2.75) is 33.2 Å². The predicted octanol–water partition coefficient (Wildman–Crippen LogP) is 3.96. The quantitative estimate of drug-likeness (QED) is 0.350. The van der Waals surface area contributed by atoms with Gasteiger partial charge in [-0.25, -0.2) is 9.98 Å². The van der Waals surface area contributed by atoms with Crippen LogP contribution in [0.3, 0.4) is 0 Å². The first kappa shape index (κ1) is 22.2. The second-order valence-corrected chi connectivity index (χ2v) is 5.82. The number of nitrogens with zero attached hydrogens (tertiary/aromatic N) is 2. The minimum absolute atomic E-state index is 0. The maximum absolute atomic E-state index is 5.44. The number of nitrogens with one attached hydrogen (secondary N) is 2. The smallest absolute Gasteiger partial charge is 0.213 e. The van der Waals surface area contributed by atoms with Crippen LogP contribution < -0.4 is 15.4 Å². The molecule has 0 saturated carbocycles. The van der Waals surface area contributed by atoms with Crippen LogP contribution in [0, 0.1) is 0 Å². The monoisotopic (exact) mass is 468 g/mol. The van der Waals surface area contributed by atoms with Gasteiger partial charge in [0.2, 0.25) is 5.88 Å². The molecule has 6 heteroatoms. The van der Waals surface area contributed by atoms with Crippen LogP contribution in [0.25, 0.3) is 0 Å². The van der Waals surface area contributed by atoms with Gasteiger partial charge >= 0.3 is 0 Å². The van der Waals surface area contributed by atoms with Gasteiger partial charge in [-0.05, 0) is 37.0 Å². The van der Waals surface area contributed by atoms with E-state index in [0.717, 1.165) is 24.6 Å². The Morgan fingerprint density at radius 2 is 1.92 bits per heavy atom. The Morgan fingerprint density at radius 3 is 2.62 bits per heavy atom. The molecule has 0 bridgehead atoms. The number of hydrogen-bond donors (Lipinski definition) is 2. The summed E-state index contributed by atoms with van der Waals surface area (Å²) in [4.78, 5) is 8.85. The Balaban J connectivity index is 0.00000338. The molecule has 142 valence electrons. The molecule has 5 nitrogen and oxygen atoms in total. The number of halogens is 1. The molecule has 0 saturated heterocycles. The normalized spacial score (nSPS) is 12.0. The molecule has 2 rings (SSSR count). The topological polar surface area (TPSA) is 58.5 Å². The molecule has 1 heterocycles. The van der Waals surface area contributed by atoms with Crippen LogP contribution in [0.4, 0.5) is 0 Å².